The average Bonchev–Trinajstić information content (AvgIpc) is 2.82. The van der Waals surface area contributed by atoms with Crippen LogP contribution in [0.3, 0.4) is 0 Å². The minimum Gasteiger partial charge on any atom is -0.308 e. The van der Waals surface area contributed by atoms with Gasteiger partial charge in [-0.1, -0.05) is 25.1 Å². The topological polar surface area (TPSA) is 12.0 Å². The molecule has 1 aromatic carbocycles. The van der Waals surface area contributed by atoms with Crippen molar-refractivity contribution in [3.63, 3.8) is 0 Å². The van der Waals surface area contributed by atoms with Gasteiger partial charge in [0.25, 0.3) is 0 Å². The minimum absolute atomic E-state index is 0.370. The van der Waals surface area contributed by atoms with Gasteiger partial charge < -0.3 is 5.32 Å². The zero-order valence-electron chi connectivity index (χ0n) is 11.0. The van der Waals surface area contributed by atoms with Crippen LogP contribution >= 0.6 is 11.3 Å². The first-order valence-electron chi connectivity index (χ1n) is 6.46. The van der Waals surface area contributed by atoms with Crippen molar-refractivity contribution in [1.82, 2.24) is 5.32 Å². The number of hydrogen-bond donors (Lipinski definition) is 1. The van der Waals surface area contributed by atoms with E-state index < -0.39 is 0 Å². The van der Waals surface area contributed by atoms with Gasteiger partial charge in [-0.2, -0.15) is 0 Å². The predicted molar refractivity (Wildman–Crippen MR) is 80.9 cm³/mol. The highest BCUT2D eigenvalue weighted by Gasteiger charge is 2.12. The average molecular weight is 257 g/mol. The Morgan fingerprint density at radius 3 is 2.89 bits per heavy atom. The van der Waals surface area contributed by atoms with E-state index in [0.29, 0.717) is 6.04 Å². The molecule has 1 aromatic heterocycles. The van der Waals surface area contributed by atoms with Crippen molar-refractivity contribution in [2.45, 2.75) is 32.7 Å². The number of benzene rings is 1. The third-order valence-corrected chi connectivity index (χ3v) is 4.14. The summed E-state index contributed by atoms with van der Waals surface area (Å²) < 4.78 is 1.36. The molecule has 0 fully saturated rings. The van der Waals surface area contributed by atoms with Gasteiger partial charge in [0.15, 0.2) is 0 Å². The molecule has 0 radical (unpaired) electrons. The van der Waals surface area contributed by atoms with E-state index in [0.717, 1.165) is 19.4 Å². The highest BCUT2D eigenvalue weighted by molar-refractivity contribution is 7.19. The Hall–Kier alpha value is -1.30. The van der Waals surface area contributed by atoms with Crippen molar-refractivity contribution in [2.75, 3.05) is 6.54 Å². The molecule has 2 rings (SSSR count). The van der Waals surface area contributed by atoms with Crippen LogP contribution < -0.4 is 5.32 Å². The lowest BCUT2D eigenvalue weighted by Crippen LogP contribution is -2.20. The Labute approximate surface area is 113 Å². The van der Waals surface area contributed by atoms with Gasteiger partial charge in [0.2, 0.25) is 0 Å². The fourth-order valence-electron chi connectivity index (χ4n) is 1.97. The first kappa shape index (κ1) is 13.1. The number of rotatable bonds is 5. The lowest BCUT2D eigenvalue weighted by Gasteiger charge is -2.13. The molecular formula is C16H19NS. The molecule has 0 saturated heterocycles. The maximum atomic E-state index is 3.59. The number of thiophene rings is 1. The molecule has 0 aliphatic heterocycles. The van der Waals surface area contributed by atoms with Crippen LogP contribution in [-0.4, -0.2) is 6.54 Å². The van der Waals surface area contributed by atoms with Crippen molar-refractivity contribution >= 4 is 21.4 Å². The van der Waals surface area contributed by atoms with Crippen molar-refractivity contribution in [3.05, 3.63) is 35.2 Å². The molecule has 1 unspecified atom stereocenters. The van der Waals surface area contributed by atoms with Gasteiger partial charge in [-0.3, -0.25) is 0 Å². The molecule has 18 heavy (non-hydrogen) atoms. The third kappa shape index (κ3) is 3.13. The zero-order valence-corrected chi connectivity index (χ0v) is 11.8. The van der Waals surface area contributed by atoms with Crippen LogP contribution in [0.25, 0.3) is 10.1 Å². The molecule has 2 aromatic rings. The van der Waals surface area contributed by atoms with E-state index in [-0.39, 0.29) is 0 Å². The van der Waals surface area contributed by atoms with Crippen LogP contribution in [0.5, 0.6) is 0 Å². The maximum absolute atomic E-state index is 3.59. The van der Waals surface area contributed by atoms with Crippen LogP contribution in [0.4, 0.5) is 0 Å². The summed E-state index contributed by atoms with van der Waals surface area (Å²) in [4.78, 5) is 1.40. The number of hydrogen-bond acceptors (Lipinski definition) is 2. The molecule has 0 bridgehead atoms. The van der Waals surface area contributed by atoms with Crippen LogP contribution in [0.1, 0.15) is 37.6 Å². The van der Waals surface area contributed by atoms with Gasteiger partial charge in [-0.05, 0) is 37.4 Å². The molecule has 1 N–H and O–H groups in total. The number of nitrogens with one attached hydrogen (secondary N) is 1. The Morgan fingerprint density at radius 2 is 2.17 bits per heavy atom. The highest BCUT2D eigenvalue weighted by Crippen LogP contribution is 2.31. The zero-order chi connectivity index (χ0) is 12.8. The second kappa shape index (κ2) is 6.58. The molecule has 1 atom stereocenters. The van der Waals surface area contributed by atoms with E-state index in [9.17, 15) is 0 Å². The Bertz CT molecular complexity index is 526. The van der Waals surface area contributed by atoms with Crippen LogP contribution in [0, 0.1) is 11.8 Å². The summed E-state index contributed by atoms with van der Waals surface area (Å²) in [5, 5.41) is 4.93. The highest BCUT2D eigenvalue weighted by atomic mass is 32.1. The summed E-state index contributed by atoms with van der Waals surface area (Å²) in [6, 6.07) is 11.2. The largest absolute Gasteiger partial charge is 0.308 e. The van der Waals surface area contributed by atoms with Crippen LogP contribution in [0.15, 0.2) is 30.3 Å². The second-order valence-electron chi connectivity index (χ2n) is 4.32. The molecule has 1 nitrogen and oxygen atoms in total. The van der Waals surface area contributed by atoms with Gasteiger partial charge in [0, 0.05) is 16.0 Å². The van der Waals surface area contributed by atoms with Gasteiger partial charge in [0.1, 0.15) is 0 Å². The third-order valence-electron chi connectivity index (χ3n) is 2.91. The Morgan fingerprint density at radius 1 is 1.33 bits per heavy atom. The lowest BCUT2D eigenvalue weighted by molar-refractivity contribution is 0.550. The first-order chi connectivity index (χ1) is 8.85. The molecule has 0 amide bonds. The standard InChI is InChI=1S/C16H19NS/c1-3-5-9-14(17-11-4-2)16-12-13-8-6-7-10-15(13)18-16/h6-8,10,12,14,17H,4,9,11H2,1-2H3. The smallest absolute Gasteiger partial charge is 0.0526 e. The van der Waals surface area contributed by atoms with Crippen molar-refractivity contribution < 1.29 is 0 Å². The summed E-state index contributed by atoms with van der Waals surface area (Å²) in [5.74, 6) is 6.19. The summed E-state index contributed by atoms with van der Waals surface area (Å²) in [6.07, 6.45) is 2.05. The van der Waals surface area contributed by atoms with Crippen LogP contribution in [-0.2, 0) is 0 Å². The lowest BCUT2D eigenvalue weighted by atomic mass is 10.1. The molecule has 0 spiro atoms. The number of fused-ring (bicyclic) bond motifs is 1. The fraction of sp³-hybridized carbons (Fsp3) is 0.375. The summed E-state index contributed by atoms with van der Waals surface area (Å²) in [6.45, 7) is 5.15. The van der Waals surface area contributed by atoms with Crippen molar-refractivity contribution in [1.29, 1.82) is 0 Å². The Kier molecular flexibility index (Phi) is 4.81. The van der Waals surface area contributed by atoms with E-state index in [2.05, 4.69) is 54.4 Å². The van der Waals surface area contributed by atoms with Crippen molar-refractivity contribution in [2.24, 2.45) is 0 Å². The molecule has 1 heterocycles. The monoisotopic (exact) mass is 257 g/mol. The van der Waals surface area contributed by atoms with E-state index in [1.165, 1.54) is 15.0 Å². The van der Waals surface area contributed by atoms with E-state index >= 15 is 0 Å². The summed E-state index contributed by atoms with van der Waals surface area (Å²) in [7, 11) is 0. The van der Waals surface area contributed by atoms with Crippen molar-refractivity contribution in [3.8, 4) is 11.8 Å². The molecule has 0 aliphatic rings. The molecule has 94 valence electrons. The first-order valence-corrected chi connectivity index (χ1v) is 7.28. The molecule has 0 saturated carbocycles. The quantitative estimate of drug-likeness (QED) is 0.785. The summed E-state index contributed by atoms with van der Waals surface area (Å²) in [5.41, 5.74) is 0. The van der Waals surface area contributed by atoms with E-state index in [1.54, 1.807) is 0 Å². The second-order valence-corrected chi connectivity index (χ2v) is 5.44. The van der Waals surface area contributed by atoms with Gasteiger partial charge in [-0.25, -0.2) is 0 Å². The van der Waals surface area contributed by atoms with E-state index in [1.807, 2.05) is 18.3 Å². The van der Waals surface area contributed by atoms with E-state index in [4.69, 9.17) is 0 Å². The molecule has 2 heteroatoms. The normalized spacial score (nSPS) is 12.1. The van der Waals surface area contributed by atoms with Gasteiger partial charge in [-0.15, -0.1) is 23.2 Å². The maximum Gasteiger partial charge on any atom is 0.0526 e. The van der Waals surface area contributed by atoms with Gasteiger partial charge >= 0.3 is 0 Å². The van der Waals surface area contributed by atoms with Crippen LogP contribution in [0.2, 0.25) is 0 Å². The minimum atomic E-state index is 0.370. The molecule has 0 aliphatic carbocycles. The van der Waals surface area contributed by atoms with Gasteiger partial charge in [0.05, 0.1) is 6.04 Å². The fourth-order valence-corrected chi connectivity index (χ4v) is 3.11. The SMILES string of the molecule is CC#CCC(NCCC)c1cc2ccccc2s1. The summed E-state index contributed by atoms with van der Waals surface area (Å²) >= 11 is 1.88. The molecular weight excluding hydrogens is 238 g/mol. The predicted octanol–water partition coefficient (Wildman–Crippen LogP) is 4.36. The Balaban J connectivity index is 2.24.